The minimum absolute atomic E-state index is 0.0149. The molecule has 0 N–H and O–H groups in total. The standard InChI is InChI=1S/C21H25NO5S/c23-20-16-6-7-19-17(10-22(13-27-19)15-8-9-28(24,25)12-15)21(16)26-11-18(20)14-4-2-1-3-5-14/h1-5,11,15-17,19,21H,6-10,12-13H2. The van der Waals surface area contributed by atoms with Gasteiger partial charge in [-0.1, -0.05) is 30.3 Å². The highest BCUT2D eigenvalue weighted by atomic mass is 32.2. The number of allylic oxidation sites excluding steroid dienone is 1. The zero-order valence-corrected chi connectivity index (χ0v) is 16.5. The Morgan fingerprint density at radius 2 is 1.89 bits per heavy atom. The van der Waals surface area contributed by atoms with E-state index in [4.69, 9.17) is 9.47 Å². The summed E-state index contributed by atoms with van der Waals surface area (Å²) in [5.41, 5.74) is 1.54. The molecule has 3 heterocycles. The number of rotatable bonds is 2. The lowest BCUT2D eigenvalue weighted by Crippen LogP contribution is -2.58. The molecule has 0 radical (unpaired) electrons. The lowest BCUT2D eigenvalue weighted by molar-refractivity contribution is -0.175. The van der Waals surface area contributed by atoms with Gasteiger partial charge in [0.25, 0.3) is 0 Å². The molecule has 0 aromatic heterocycles. The quantitative estimate of drug-likeness (QED) is 0.751. The van der Waals surface area contributed by atoms with Gasteiger partial charge in [-0.15, -0.1) is 0 Å². The van der Waals surface area contributed by atoms with Crippen LogP contribution in [0.4, 0.5) is 0 Å². The second-order valence-corrected chi connectivity index (χ2v) is 10.6. The van der Waals surface area contributed by atoms with Crippen LogP contribution in [0.15, 0.2) is 36.6 Å². The Bertz CT molecular complexity index is 897. The molecule has 6 nitrogen and oxygen atoms in total. The molecule has 4 aliphatic rings. The third kappa shape index (κ3) is 3.19. The Morgan fingerprint density at radius 1 is 1.07 bits per heavy atom. The molecule has 5 atom stereocenters. The maximum Gasteiger partial charge on any atom is 0.173 e. The molecule has 2 saturated heterocycles. The number of hydrogen-bond acceptors (Lipinski definition) is 6. The number of hydrogen-bond donors (Lipinski definition) is 0. The fourth-order valence-electron chi connectivity index (χ4n) is 5.20. The number of ether oxygens (including phenoxy) is 2. The van der Waals surface area contributed by atoms with Gasteiger partial charge in [0.2, 0.25) is 0 Å². The number of benzene rings is 1. The van der Waals surface area contributed by atoms with Crippen LogP contribution in [0, 0.1) is 11.8 Å². The highest BCUT2D eigenvalue weighted by Crippen LogP contribution is 2.42. The molecule has 1 aliphatic carbocycles. The predicted octanol–water partition coefficient (Wildman–Crippen LogP) is 1.87. The van der Waals surface area contributed by atoms with Crippen LogP contribution in [0.25, 0.3) is 5.57 Å². The van der Waals surface area contributed by atoms with E-state index in [1.807, 2.05) is 30.3 Å². The highest BCUT2D eigenvalue weighted by Gasteiger charge is 2.50. The van der Waals surface area contributed by atoms with Gasteiger partial charge in [-0.25, -0.2) is 8.42 Å². The number of Topliss-reactive ketones (excluding diaryl/α,β-unsaturated/α-hetero) is 1. The van der Waals surface area contributed by atoms with Crippen LogP contribution in [0.2, 0.25) is 0 Å². The Kier molecular flexibility index (Phi) is 4.56. The van der Waals surface area contributed by atoms with E-state index < -0.39 is 9.84 Å². The molecule has 7 heteroatoms. The predicted molar refractivity (Wildman–Crippen MR) is 104 cm³/mol. The normalized spacial score (nSPS) is 37.5. The van der Waals surface area contributed by atoms with Gasteiger partial charge in [-0.3, -0.25) is 9.69 Å². The van der Waals surface area contributed by atoms with E-state index in [1.54, 1.807) is 6.26 Å². The van der Waals surface area contributed by atoms with Gasteiger partial charge in [0.15, 0.2) is 15.6 Å². The summed E-state index contributed by atoms with van der Waals surface area (Å²) in [6.45, 7) is 1.20. The van der Waals surface area contributed by atoms with Gasteiger partial charge in [0, 0.05) is 18.5 Å². The summed E-state index contributed by atoms with van der Waals surface area (Å²) in [4.78, 5) is 15.3. The number of fused-ring (bicyclic) bond motifs is 3. The lowest BCUT2D eigenvalue weighted by Gasteiger charge is -2.49. The van der Waals surface area contributed by atoms with Crippen LogP contribution < -0.4 is 0 Å². The molecule has 0 spiro atoms. The van der Waals surface area contributed by atoms with E-state index in [0.29, 0.717) is 18.7 Å². The first kappa shape index (κ1) is 18.3. The van der Waals surface area contributed by atoms with E-state index >= 15 is 0 Å². The van der Waals surface area contributed by atoms with Crippen molar-refractivity contribution in [3.8, 4) is 0 Å². The van der Waals surface area contributed by atoms with Crippen molar-refractivity contribution in [2.75, 3.05) is 24.8 Å². The molecule has 5 rings (SSSR count). The molecule has 5 unspecified atom stereocenters. The first-order valence-electron chi connectivity index (χ1n) is 10.0. The molecule has 28 heavy (non-hydrogen) atoms. The first-order chi connectivity index (χ1) is 13.5. The molecule has 3 aliphatic heterocycles. The number of carbonyl (C=O) groups is 1. The Hall–Kier alpha value is -1.70. The smallest absolute Gasteiger partial charge is 0.173 e. The summed E-state index contributed by atoms with van der Waals surface area (Å²) >= 11 is 0. The van der Waals surface area contributed by atoms with Crippen LogP contribution in [0.5, 0.6) is 0 Å². The second-order valence-electron chi connectivity index (χ2n) is 8.37. The van der Waals surface area contributed by atoms with Crippen LogP contribution in [0.3, 0.4) is 0 Å². The Morgan fingerprint density at radius 3 is 2.64 bits per heavy atom. The first-order valence-corrected chi connectivity index (χ1v) is 11.9. The summed E-state index contributed by atoms with van der Waals surface area (Å²) in [6, 6.07) is 9.67. The topological polar surface area (TPSA) is 72.9 Å². The minimum Gasteiger partial charge on any atom is -0.496 e. The minimum atomic E-state index is -2.94. The van der Waals surface area contributed by atoms with Crippen molar-refractivity contribution in [2.24, 2.45) is 11.8 Å². The average Bonchev–Trinajstić information content (AvgIpc) is 3.08. The van der Waals surface area contributed by atoms with Crippen molar-refractivity contribution in [2.45, 2.75) is 37.5 Å². The molecule has 1 aromatic carbocycles. The zero-order valence-electron chi connectivity index (χ0n) is 15.7. The molecule has 150 valence electrons. The van der Waals surface area contributed by atoms with Gasteiger partial charge < -0.3 is 9.47 Å². The molecule has 1 aromatic rings. The van der Waals surface area contributed by atoms with Crippen LogP contribution >= 0.6 is 0 Å². The van der Waals surface area contributed by atoms with Gasteiger partial charge in [0.05, 0.1) is 42.1 Å². The highest BCUT2D eigenvalue weighted by molar-refractivity contribution is 7.91. The monoisotopic (exact) mass is 403 g/mol. The number of sulfone groups is 1. The van der Waals surface area contributed by atoms with Gasteiger partial charge in [-0.05, 0) is 24.8 Å². The fourth-order valence-corrected chi connectivity index (χ4v) is 6.96. The van der Waals surface area contributed by atoms with E-state index in [-0.39, 0.29) is 47.4 Å². The van der Waals surface area contributed by atoms with Gasteiger partial charge in [0.1, 0.15) is 6.10 Å². The van der Waals surface area contributed by atoms with Gasteiger partial charge in [-0.2, -0.15) is 0 Å². The Labute approximate surface area is 165 Å². The summed E-state index contributed by atoms with van der Waals surface area (Å²) in [7, 11) is -2.94. The maximum absolute atomic E-state index is 13.2. The van der Waals surface area contributed by atoms with Crippen molar-refractivity contribution in [1.29, 1.82) is 0 Å². The van der Waals surface area contributed by atoms with E-state index in [2.05, 4.69) is 4.90 Å². The third-order valence-electron chi connectivity index (χ3n) is 6.71. The van der Waals surface area contributed by atoms with Gasteiger partial charge >= 0.3 is 0 Å². The molecular formula is C21H25NO5S. The molecule has 1 saturated carbocycles. The van der Waals surface area contributed by atoms with E-state index in [9.17, 15) is 13.2 Å². The second kappa shape index (κ2) is 6.97. The third-order valence-corrected chi connectivity index (χ3v) is 8.46. The number of nitrogens with zero attached hydrogens (tertiary/aromatic N) is 1. The van der Waals surface area contributed by atoms with E-state index in [1.165, 1.54) is 0 Å². The van der Waals surface area contributed by atoms with Crippen molar-refractivity contribution in [3.63, 3.8) is 0 Å². The summed E-state index contributed by atoms with van der Waals surface area (Å²) in [5, 5.41) is 0. The van der Waals surface area contributed by atoms with Crippen molar-refractivity contribution in [3.05, 3.63) is 42.2 Å². The average molecular weight is 404 g/mol. The molecular weight excluding hydrogens is 378 g/mol. The Balaban J connectivity index is 1.36. The molecule has 0 bridgehead atoms. The van der Waals surface area contributed by atoms with Crippen LogP contribution in [-0.4, -0.2) is 62.1 Å². The largest absolute Gasteiger partial charge is 0.496 e. The summed E-state index contributed by atoms with van der Waals surface area (Å²) in [6.07, 6.45) is 3.79. The number of carbonyl (C=O) groups excluding carboxylic acids is 1. The lowest BCUT2D eigenvalue weighted by atomic mass is 9.71. The SMILES string of the molecule is O=C1C(c2ccccc2)=COC2C1CCC1OCN(C3CCS(=O)(=O)C3)CC12. The summed E-state index contributed by atoms with van der Waals surface area (Å²) < 4.78 is 36.0. The van der Waals surface area contributed by atoms with Crippen LogP contribution in [-0.2, 0) is 24.1 Å². The van der Waals surface area contributed by atoms with Crippen LogP contribution in [0.1, 0.15) is 24.8 Å². The van der Waals surface area contributed by atoms with Crippen molar-refractivity contribution >= 4 is 21.2 Å². The van der Waals surface area contributed by atoms with Crippen molar-refractivity contribution in [1.82, 2.24) is 4.90 Å². The van der Waals surface area contributed by atoms with Crippen molar-refractivity contribution < 1.29 is 22.7 Å². The van der Waals surface area contributed by atoms with E-state index in [0.717, 1.165) is 24.9 Å². The number of ketones is 1. The maximum atomic E-state index is 13.2. The molecule has 3 fully saturated rings. The molecule has 0 amide bonds. The zero-order chi connectivity index (χ0) is 19.3. The fraction of sp³-hybridized carbons (Fsp3) is 0.571. The summed E-state index contributed by atoms with van der Waals surface area (Å²) in [5.74, 6) is 0.554.